The Morgan fingerprint density at radius 3 is 1.28 bits per heavy atom. The Morgan fingerprint density at radius 2 is 0.805 bits per heavy atom. The number of rotatable bonds is 45. The summed E-state index contributed by atoms with van der Waals surface area (Å²) >= 11 is 0. The predicted molar refractivity (Wildman–Crippen MR) is 336 cm³/mol. The van der Waals surface area contributed by atoms with Crippen LogP contribution >= 0.6 is 0 Å². The molecule has 0 aromatic carbocycles. The number of nitrogens with one attached hydrogen (secondary N) is 1. The van der Waals surface area contributed by atoms with Gasteiger partial charge >= 0.3 is 0 Å². The van der Waals surface area contributed by atoms with Gasteiger partial charge < -0.3 is 89.9 Å². The summed E-state index contributed by atoms with van der Waals surface area (Å²) in [5.41, 5.74) is 0. The average molecular weight is 1230 g/mol. The zero-order valence-electron chi connectivity index (χ0n) is 51.7. The van der Waals surface area contributed by atoms with Crippen molar-refractivity contribution in [3.8, 4) is 0 Å². The van der Waals surface area contributed by atoms with Gasteiger partial charge in [-0.15, -0.1) is 0 Å². The van der Waals surface area contributed by atoms with Crippen LogP contribution in [0.4, 0.5) is 0 Å². The van der Waals surface area contributed by atoms with E-state index in [1.807, 2.05) is 6.08 Å². The summed E-state index contributed by atoms with van der Waals surface area (Å²) < 4.78 is 34.2. The monoisotopic (exact) mass is 1230 g/mol. The molecule has 0 saturated carbocycles. The van der Waals surface area contributed by atoms with Crippen molar-refractivity contribution in [2.75, 3.05) is 26.4 Å². The van der Waals surface area contributed by atoms with Crippen molar-refractivity contribution >= 4 is 5.91 Å². The third-order valence-electron chi connectivity index (χ3n) is 14.9. The maximum absolute atomic E-state index is 13.3. The fraction of sp³-hybridized carbons (Fsp3) is 0.662. The van der Waals surface area contributed by atoms with Crippen LogP contribution < -0.4 is 5.32 Å². The van der Waals surface area contributed by atoms with Gasteiger partial charge in [0.25, 0.3) is 0 Å². The molecule has 0 spiro atoms. The molecule has 0 aliphatic carbocycles. The largest absolute Gasteiger partial charge is 0.394 e. The van der Waals surface area contributed by atoms with Gasteiger partial charge in [0.05, 0.1) is 38.6 Å². The van der Waals surface area contributed by atoms with Gasteiger partial charge in [0.1, 0.15) is 73.2 Å². The molecule has 17 unspecified atom stereocenters. The number of carbonyl (C=O) groups is 1. The molecule has 3 saturated heterocycles. The first-order valence-electron chi connectivity index (χ1n) is 31.9. The van der Waals surface area contributed by atoms with Gasteiger partial charge in [-0.2, -0.15) is 0 Å². The molecule has 17 atom stereocenters. The highest BCUT2D eigenvalue weighted by molar-refractivity contribution is 5.76. The molecule has 3 aliphatic rings. The van der Waals surface area contributed by atoms with Crippen LogP contribution in [0, 0.1) is 0 Å². The third kappa shape index (κ3) is 31.5. The van der Waals surface area contributed by atoms with E-state index in [4.69, 9.17) is 28.4 Å². The molecule has 1 amide bonds. The predicted octanol–water partition coefficient (Wildman–Crippen LogP) is 7.04. The van der Waals surface area contributed by atoms with Gasteiger partial charge in [-0.25, -0.2) is 0 Å². The zero-order valence-corrected chi connectivity index (χ0v) is 51.7. The van der Waals surface area contributed by atoms with Crippen molar-refractivity contribution in [2.24, 2.45) is 0 Å². The van der Waals surface area contributed by atoms with Crippen LogP contribution in [0.1, 0.15) is 155 Å². The van der Waals surface area contributed by atoms with Crippen molar-refractivity contribution in [1.29, 1.82) is 0 Å². The van der Waals surface area contributed by atoms with Crippen LogP contribution in [0.5, 0.6) is 0 Å². The Balaban J connectivity index is 1.46. The van der Waals surface area contributed by atoms with E-state index in [0.717, 1.165) is 103 Å². The fourth-order valence-corrected chi connectivity index (χ4v) is 9.71. The van der Waals surface area contributed by atoms with E-state index in [0.29, 0.717) is 12.8 Å². The van der Waals surface area contributed by atoms with E-state index < -0.39 is 131 Å². The second-order valence-corrected chi connectivity index (χ2v) is 22.1. The smallest absolute Gasteiger partial charge is 0.220 e. The zero-order chi connectivity index (χ0) is 63.3. The highest BCUT2D eigenvalue weighted by atomic mass is 16.8. The molecule has 3 aliphatic heterocycles. The minimum absolute atomic E-state index is 0.192. The molecular weight excluding hydrogens is 1120 g/mol. The highest BCUT2D eigenvalue weighted by Gasteiger charge is 2.53. The number of hydrogen-bond donors (Lipinski definition) is 12. The van der Waals surface area contributed by atoms with Crippen LogP contribution in [-0.2, 0) is 33.2 Å². The number of aliphatic hydroxyl groups excluding tert-OH is 11. The average Bonchev–Trinajstić information content (AvgIpc) is 1.69. The number of hydrogen-bond acceptors (Lipinski definition) is 18. The Labute approximate surface area is 518 Å². The molecule has 0 bridgehead atoms. The summed E-state index contributed by atoms with van der Waals surface area (Å²) in [6.45, 7) is 1.49. The molecule has 3 heterocycles. The van der Waals surface area contributed by atoms with Crippen LogP contribution in [0.25, 0.3) is 0 Å². The molecule has 3 fully saturated rings. The van der Waals surface area contributed by atoms with E-state index in [1.165, 1.54) is 19.3 Å². The van der Waals surface area contributed by atoms with Gasteiger partial charge in [-0.3, -0.25) is 4.79 Å². The topological polar surface area (TPSA) is 307 Å². The van der Waals surface area contributed by atoms with Crippen LogP contribution in [-0.4, -0.2) is 193 Å². The summed E-state index contributed by atoms with van der Waals surface area (Å²) in [6.07, 6.45) is 40.0. The Hall–Kier alpha value is -4.07. The highest BCUT2D eigenvalue weighted by Crippen LogP contribution is 2.33. The molecular formula is C68H109NO18. The Kier molecular flexibility index (Phi) is 43.2. The van der Waals surface area contributed by atoms with Gasteiger partial charge in [-0.05, 0) is 109 Å². The fourth-order valence-electron chi connectivity index (χ4n) is 9.71. The van der Waals surface area contributed by atoms with Gasteiger partial charge in [0.15, 0.2) is 18.9 Å². The number of carbonyl (C=O) groups excluding carboxylic acids is 1. The first-order valence-corrected chi connectivity index (χ1v) is 31.9. The molecule has 3 rings (SSSR count). The molecule has 19 heteroatoms. The standard InChI is InChI=1S/C68H109NO18/c1-3-5-7-9-11-13-15-17-18-19-20-21-22-23-24-25-26-27-28-29-30-31-32-34-36-38-40-42-44-46-56(74)69-51(52(73)45-43-41-39-37-35-33-16-14-12-10-8-6-4-2)50-82-66-62(80)59(77)64(54(48-71)84-66)87-68-63(81)60(78)65(55(49-72)85-68)86-67-61(79)58(76)57(75)53(47-70)83-67/h5,7,11-14,17-18,20-21,23-24,26-27,29-30,32,34-35,37,43,45,51-55,57-68,70-73,75-81H,3-4,6,8-10,15-16,19,22,25,28,31,33,36,38-42,44,46-50H2,1-2H3,(H,69,74)/b7-5-,13-11-,14-12+,18-17-,21-20-,24-23-,27-26-,30-29-,34-32-,37-35+,45-43+. The molecule has 12 N–H and O–H groups in total. The molecule has 0 radical (unpaired) electrons. The number of unbranched alkanes of at least 4 members (excludes halogenated alkanes) is 9. The normalized spacial score (nSPS) is 29.5. The van der Waals surface area contributed by atoms with Crippen molar-refractivity contribution < 1.29 is 89.4 Å². The summed E-state index contributed by atoms with van der Waals surface area (Å²) in [7, 11) is 0. The number of allylic oxidation sites excluding steroid dienone is 21. The first kappa shape index (κ1) is 77.2. The van der Waals surface area contributed by atoms with E-state index in [-0.39, 0.29) is 12.3 Å². The van der Waals surface area contributed by atoms with Crippen molar-refractivity contribution in [1.82, 2.24) is 5.32 Å². The minimum Gasteiger partial charge on any atom is -0.394 e. The van der Waals surface area contributed by atoms with E-state index in [1.54, 1.807) is 6.08 Å². The number of amides is 1. The summed E-state index contributed by atoms with van der Waals surface area (Å²) in [5.74, 6) is -0.323. The first-order chi connectivity index (χ1) is 42.3. The van der Waals surface area contributed by atoms with E-state index in [9.17, 15) is 61.0 Å². The quantitative estimate of drug-likeness (QED) is 0.0215. The lowest BCUT2D eigenvalue weighted by atomic mass is 9.96. The minimum atomic E-state index is -1.99. The maximum atomic E-state index is 13.3. The second-order valence-electron chi connectivity index (χ2n) is 22.1. The second kappa shape index (κ2) is 48.7. The molecule has 19 nitrogen and oxygen atoms in total. The summed E-state index contributed by atoms with van der Waals surface area (Å²) in [6, 6.07) is -1.02. The number of ether oxygens (including phenoxy) is 6. The lowest BCUT2D eigenvalue weighted by Gasteiger charge is -2.48. The molecule has 0 aromatic rings. The van der Waals surface area contributed by atoms with Crippen LogP contribution in [0.3, 0.4) is 0 Å². The molecule has 494 valence electrons. The van der Waals surface area contributed by atoms with Gasteiger partial charge in [0, 0.05) is 6.42 Å². The van der Waals surface area contributed by atoms with Crippen molar-refractivity contribution in [2.45, 2.75) is 259 Å². The molecule has 0 aromatic heterocycles. The molecule has 87 heavy (non-hydrogen) atoms. The maximum Gasteiger partial charge on any atom is 0.220 e. The summed E-state index contributed by atoms with van der Waals surface area (Å²) in [5, 5.41) is 120. The van der Waals surface area contributed by atoms with Crippen molar-refractivity contribution in [3.63, 3.8) is 0 Å². The van der Waals surface area contributed by atoms with E-state index >= 15 is 0 Å². The lowest BCUT2D eigenvalue weighted by molar-refractivity contribution is -0.379. The third-order valence-corrected chi connectivity index (χ3v) is 14.9. The van der Waals surface area contributed by atoms with Crippen LogP contribution in [0.2, 0.25) is 0 Å². The Morgan fingerprint density at radius 1 is 0.425 bits per heavy atom. The summed E-state index contributed by atoms with van der Waals surface area (Å²) in [4.78, 5) is 13.3. The Bertz CT molecular complexity index is 2100. The van der Waals surface area contributed by atoms with Gasteiger partial charge in [-0.1, -0.05) is 173 Å². The lowest BCUT2D eigenvalue weighted by Crippen LogP contribution is -2.66. The number of aliphatic hydroxyl groups is 11. The van der Waals surface area contributed by atoms with Crippen molar-refractivity contribution in [3.05, 3.63) is 134 Å². The van der Waals surface area contributed by atoms with Crippen LogP contribution in [0.15, 0.2) is 134 Å². The van der Waals surface area contributed by atoms with Gasteiger partial charge in [0.2, 0.25) is 5.91 Å². The SMILES string of the molecule is CC/C=C\C/C=C\C/C=C\C/C=C\C/C=C\C/C=C\C/C=C\C/C=C\CCCCCCC(=O)NC(COC1OC(CO)C(OC2OC(CO)C(OC3OC(CO)C(O)C(O)C3O)C(O)C2O)C(O)C1O)C(O)/C=C/CC/C=C/CC/C=C/CCCCC. The van der Waals surface area contributed by atoms with E-state index in [2.05, 4.69) is 141 Å².